The largest absolute Gasteiger partial charge is 0.360 e. The third-order valence-electron chi connectivity index (χ3n) is 12.2. The number of hydrogen-bond acceptors (Lipinski definition) is 3. The Bertz CT molecular complexity index is 3520. The Kier molecular flexibility index (Phi) is 8.43. The van der Waals surface area contributed by atoms with E-state index in [2.05, 4.69) is 174 Å². The minimum Gasteiger partial charge on any atom is -0.360 e. The van der Waals surface area contributed by atoms with Crippen molar-refractivity contribution in [1.29, 1.82) is 15.8 Å². The Hall–Kier alpha value is -8.89. The topological polar surface area (TPSA) is 119 Å². The van der Waals surface area contributed by atoms with E-state index in [1.165, 1.54) is 32.7 Å². The smallest absolute Gasteiger partial charge is 0.101 e. The third kappa shape index (κ3) is 6.01. The van der Waals surface area contributed by atoms with Gasteiger partial charge in [0, 0.05) is 35.7 Å². The van der Waals surface area contributed by atoms with Crippen molar-refractivity contribution >= 4 is 32.3 Å². The number of nitrogens with one attached hydrogen (secondary N) is 3. The molecule has 0 saturated heterocycles. The SMILES string of the molecule is Cc1ccc(-c2cc(-c3ccc(-c4cc(C#N)c[nH]4)cc3)c3ccc4c(-c5ccc(-c6cc(C#N)c[nH]6)cc5)cc(-c5ccc(-c6cc(C#N)c[nH]6)cc5)c5ccc2c3c54)cc1. The molecule has 0 spiro atoms. The Morgan fingerprint density at radius 2 is 0.581 bits per heavy atom. The average molecular weight is 791 g/mol. The van der Waals surface area contributed by atoms with Gasteiger partial charge in [-0.15, -0.1) is 0 Å². The molecule has 0 radical (unpaired) electrons. The second-order valence-electron chi connectivity index (χ2n) is 15.9. The summed E-state index contributed by atoms with van der Waals surface area (Å²) in [5.41, 5.74) is 17.7. The van der Waals surface area contributed by atoms with Crippen LogP contribution in [0.4, 0.5) is 0 Å². The van der Waals surface area contributed by atoms with Crippen LogP contribution in [-0.2, 0) is 0 Å². The molecule has 3 N–H and O–H groups in total. The van der Waals surface area contributed by atoms with Gasteiger partial charge < -0.3 is 15.0 Å². The lowest BCUT2D eigenvalue weighted by molar-refractivity contribution is 1.39. The Balaban J connectivity index is 1.17. The zero-order valence-electron chi connectivity index (χ0n) is 33.5. The van der Waals surface area contributed by atoms with Crippen molar-refractivity contribution in [1.82, 2.24) is 15.0 Å². The van der Waals surface area contributed by atoms with Crippen LogP contribution in [0, 0.1) is 40.9 Å². The molecular weight excluding hydrogens is 757 g/mol. The van der Waals surface area contributed by atoms with Crippen LogP contribution in [0.5, 0.6) is 0 Å². The zero-order valence-corrected chi connectivity index (χ0v) is 33.5. The number of nitrogens with zero attached hydrogens (tertiary/aromatic N) is 3. The number of aromatic nitrogens is 3. The molecule has 3 heterocycles. The molecular formula is C56H34N6. The molecule has 0 unspecified atom stereocenters. The predicted molar refractivity (Wildman–Crippen MR) is 250 cm³/mol. The molecule has 11 rings (SSSR count). The van der Waals surface area contributed by atoms with Gasteiger partial charge in [-0.3, -0.25) is 0 Å². The van der Waals surface area contributed by atoms with Gasteiger partial charge in [-0.25, -0.2) is 0 Å². The molecule has 3 aromatic heterocycles. The van der Waals surface area contributed by atoms with E-state index >= 15 is 0 Å². The maximum absolute atomic E-state index is 9.46. The van der Waals surface area contributed by atoms with Crippen molar-refractivity contribution in [3.05, 3.63) is 193 Å². The van der Waals surface area contributed by atoms with E-state index in [0.717, 1.165) is 83.5 Å². The summed E-state index contributed by atoms with van der Waals surface area (Å²) in [7, 11) is 0. The monoisotopic (exact) mass is 790 g/mol. The Labute approximate surface area is 357 Å². The predicted octanol–water partition coefficient (Wildman–Crippen LogP) is 14.2. The van der Waals surface area contributed by atoms with Crippen LogP contribution in [0.2, 0.25) is 0 Å². The summed E-state index contributed by atoms with van der Waals surface area (Å²) in [4.78, 5) is 9.75. The number of hydrogen-bond donors (Lipinski definition) is 3. The van der Waals surface area contributed by atoms with E-state index in [1.807, 2.05) is 18.2 Å². The molecule has 6 nitrogen and oxygen atoms in total. The summed E-state index contributed by atoms with van der Waals surface area (Å²) in [6, 6.07) is 60.7. The Morgan fingerprint density at radius 3 is 0.839 bits per heavy atom. The summed E-state index contributed by atoms with van der Waals surface area (Å²) in [5, 5.41) is 35.4. The lowest BCUT2D eigenvalue weighted by atomic mass is 9.81. The number of benzene rings is 8. The molecule has 0 atom stereocenters. The van der Waals surface area contributed by atoms with E-state index in [0.29, 0.717) is 16.7 Å². The average Bonchev–Trinajstić information content (AvgIpc) is 4.13. The van der Waals surface area contributed by atoms with E-state index in [4.69, 9.17) is 0 Å². The van der Waals surface area contributed by atoms with Crippen molar-refractivity contribution in [3.8, 4) is 96.5 Å². The van der Waals surface area contributed by atoms with Crippen LogP contribution in [0.1, 0.15) is 22.3 Å². The molecule has 288 valence electrons. The lowest BCUT2D eigenvalue weighted by Crippen LogP contribution is -1.94. The molecule has 11 aromatic rings. The number of aryl methyl sites for hydroxylation is 1. The molecule has 62 heavy (non-hydrogen) atoms. The second kappa shape index (κ2) is 14.4. The van der Waals surface area contributed by atoms with Crippen molar-refractivity contribution in [3.63, 3.8) is 0 Å². The van der Waals surface area contributed by atoms with Gasteiger partial charge in [-0.1, -0.05) is 127 Å². The molecule has 0 aliphatic rings. The highest BCUT2D eigenvalue weighted by Gasteiger charge is 2.21. The molecule has 8 aromatic carbocycles. The quantitative estimate of drug-likeness (QED) is 0.139. The number of rotatable bonds is 7. The van der Waals surface area contributed by atoms with Crippen molar-refractivity contribution < 1.29 is 0 Å². The first-order chi connectivity index (χ1) is 30.5. The highest BCUT2D eigenvalue weighted by Crippen LogP contribution is 2.49. The maximum Gasteiger partial charge on any atom is 0.101 e. The van der Waals surface area contributed by atoms with Gasteiger partial charge in [0.2, 0.25) is 0 Å². The third-order valence-corrected chi connectivity index (χ3v) is 12.2. The first-order valence-corrected chi connectivity index (χ1v) is 20.4. The van der Waals surface area contributed by atoms with E-state index in [9.17, 15) is 15.8 Å². The minimum atomic E-state index is 0.600. The first-order valence-electron chi connectivity index (χ1n) is 20.4. The van der Waals surface area contributed by atoms with Gasteiger partial charge in [0.1, 0.15) is 18.2 Å². The summed E-state index contributed by atoms with van der Waals surface area (Å²) in [5.74, 6) is 0. The fraction of sp³-hybridized carbons (Fsp3) is 0.0179. The molecule has 0 aliphatic heterocycles. The van der Waals surface area contributed by atoms with Gasteiger partial charge in [0.25, 0.3) is 0 Å². The van der Waals surface area contributed by atoms with Gasteiger partial charge >= 0.3 is 0 Å². The second-order valence-corrected chi connectivity index (χ2v) is 15.9. The van der Waals surface area contributed by atoms with Gasteiger partial charge in [-0.2, -0.15) is 15.8 Å². The van der Waals surface area contributed by atoms with Gasteiger partial charge in [-0.05, 0) is 131 Å². The van der Waals surface area contributed by atoms with Crippen LogP contribution in [0.3, 0.4) is 0 Å². The van der Waals surface area contributed by atoms with Crippen molar-refractivity contribution in [2.45, 2.75) is 6.92 Å². The van der Waals surface area contributed by atoms with Crippen molar-refractivity contribution in [2.24, 2.45) is 0 Å². The summed E-state index contributed by atoms with van der Waals surface area (Å²) >= 11 is 0. The van der Waals surface area contributed by atoms with Gasteiger partial charge in [0.05, 0.1) is 16.7 Å². The molecule has 0 fully saturated rings. The lowest BCUT2D eigenvalue weighted by Gasteiger charge is -2.22. The molecule has 0 amide bonds. The highest BCUT2D eigenvalue weighted by atomic mass is 14.7. The molecule has 0 saturated carbocycles. The van der Waals surface area contributed by atoms with E-state index in [-0.39, 0.29) is 0 Å². The van der Waals surface area contributed by atoms with Crippen molar-refractivity contribution in [2.75, 3.05) is 0 Å². The van der Waals surface area contributed by atoms with Gasteiger partial charge in [0.15, 0.2) is 0 Å². The first kappa shape index (κ1) is 36.2. The summed E-state index contributed by atoms with van der Waals surface area (Å²) in [6.45, 7) is 2.12. The molecule has 6 heteroatoms. The van der Waals surface area contributed by atoms with E-state index in [1.54, 1.807) is 18.6 Å². The van der Waals surface area contributed by atoms with Crippen LogP contribution >= 0.6 is 0 Å². The fourth-order valence-corrected chi connectivity index (χ4v) is 9.05. The minimum absolute atomic E-state index is 0.600. The fourth-order valence-electron chi connectivity index (χ4n) is 9.05. The molecule has 0 aliphatic carbocycles. The molecule has 0 bridgehead atoms. The summed E-state index contributed by atoms with van der Waals surface area (Å²) in [6.07, 6.45) is 5.21. The number of aromatic amines is 3. The van der Waals surface area contributed by atoms with Crippen LogP contribution < -0.4 is 0 Å². The normalized spacial score (nSPS) is 11.3. The van der Waals surface area contributed by atoms with E-state index < -0.39 is 0 Å². The number of nitriles is 3. The zero-order chi connectivity index (χ0) is 41.9. The maximum atomic E-state index is 9.46. The Morgan fingerprint density at radius 1 is 0.323 bits per heavy atom. The van der Waals surface area contributed by atoms with Crippen LogP contribution in [-0.4, -0.2) is 15.0 Å². The van der Waals surface area contributed by atoms with Crippen LogP contribution in [0.15, 0.2) is 170 Å². The number of H-pyrrole nitrogens is 3. The standard InChI is InChI=1S/C56H34N6/c1-33-2-4-37(5-3-33)48-25-49(38-6-12-41(13-7-38)52-22-34(27-57)30-60-52)45-20-21-47-51(40-10-16-43(17-11-40)54-24-36(29-59)32-62-54)26-50(46-19-18-44(48)55(45)56(46)47)39-8-14-42(15-9-39)53-23-35(28-58)31-61-53/h2-26,30-32,60-62H,1H3. The van der Waals surface area contributed by atoms with Crippen LogP contribution in [0.25, 0.3) is 111 Å². The summed E-state index contributed by atoms with van der Waals surface area (Å²) < 4.78 is 0. The highest BCUT2D eigenvalue weighted by molar-refractivity contribution is 6.32.